The monoisotopic (exact) mass is 446 g/mol. The predicted octanol–water partition coefficient (Wildman–Crippen LogP) is 3.60. The van der Waals surface area contributed by atoms with E-state index in [1.54, 1.807) is 29.2 Å². The lowest BCUT2D eigenvalue weighted by Crippen LogP contribution is -2.36. The van der Waals surface area contributed by atoms with Crippen LogP contribution in [-0.4, -0.2) is 40.1 Å². The third-order valence-corrected chi connectivity index (χ3v) is 4.33. The minimum Gasteiger partial charge on any atom is -0.367 e. The molecule has 1 aromatic carbocycles. The van der Waals surface area contributed by atoms with Crippen molar-refractivity contribution in [3.63, 3.8) is 0 Å². The average molecular weight is 446 g/mol. The van der Waals surface area contributed by atoms with E-state index in [1.165, 1.54) is 0 Å². The number of halogens is 3. The van der Waals surface area contributed by atoms with E-state index in [1.807, 2.05) is 43.5 Å². The fourth-order valence-corrected chi connectivity index (χ4v) is 2.82. The molecule has 0 aliphatic heterocycles. The third kappa shape index (κ3) is 7.69. The van der Waals surface area contributed by atoms with Gasteiger partial charge in [0, 0.05) is 31.7 Å². The van der Waals surface area contributed by atoms with Gasteiger partial charge < -0.3 is 15.4 Å². The summed E-state index contributed by atoms with van der Waals surface area (Å²) in [6.07, 6.45) is 0.932. The van der Waals surface area contributed by atoms with Crippen molar-refractivity contribution in [3.05, 3.63) is 77.7 Å². The lowest BCUT2D eigenvalue weighted by molar-refractivity contribution is -0.176. The standard InChI is InChI=1S/C22H25F3N6O/c1-2-26-21(29-14-19-8-10-27-20(12-19)31-11-3-9-30-31)28-13-17-4-6-18(7-5-17)15-32-16-22(23,24)25/h3-12H,2,13-16H2,1H3,(H2,26,28,29). The number of ether oxygens (including phenoxy) is 1. The zero-order chi connectivity index (χ0) is 22.8. The highest BCUT2D eigenvalue weighted by Gasteiger charge is 2.27. The molecule has 7 nitrogen and oxygen atoms in total. The van der Waals surface area contributed by atoms with E-state index >= 15 is 0 Å². The smallest absolute Gasteiger partial charge is 0.367 e. The Bertz CT molecular complexity index is 988. The van der Waals surface area contributed by atoms with Crippen molar-refractivity contribution >= 4 is 5.96 Å². The van der Waals surface area contributed by atoms with Gasteiger partial charge in [-0.25, -0.2) is 14.7 Å². The van der Waals surface area contributed by atoms with Gasteiger partial charge in [0.1, 0.15) is 6.61 Å². The highest BCUT2D eigenvalue weighted by molar-refractivity contribution is 5.79. The van der Waals surface area contributed by atoms with E-state index in [0.29, 0.717) is 31.2 Å². The van der Waals surface area contributed by atoms with Gasteiger partial charge in [0.05, 0.1) is 13.2 Å². The second-order valence-corrected chi connectivity index (χ2v) is 6.95. The summed E-state index contributed by atoms with van der Waals surface area (Å²) in [5, 5.41) is 10.6. The first kappa shape index (κ1) is 23.3. The molecule has 0 bridgehead atoms. The number of pyridine rings is 1. The van der Waals surface area contributed by atoms with Crippen LogP contribution in [0.5, 0.6) is 0 Å². The van der Waals surface area contributed by atoms with E-state index in [0.717, 1.165) is 16.9 Å². The van der Waals surface area contributed by atoms with Gasteiger partial charge in [-0.05, 0) is 41.8 Å². The summed E-state index contributed by atoms with van der Waals surface area (Å²) in [5.74, 6) is 1.38. The Hall–Kier alpha value is -3.40. The predicted molar refractivity (Wildman–Crippen MR) is 115 cm³/mol. The van der Waals surface area contributed by atoms with Gasteiger partial charge in [-0.1, -0.05) is 24.3 Å². The number of aliphatic imine (C=N–C) groups is 1. The SMILES string of the molecule is CCNC(=NCc1ccnc(-n2cccn2)c1)NCc1ccc(COCC(F)(F)F)cc1. The molecule has 3 aromatic rings. The van der Waals surface area contributed by atoms with Gasteiger partial charge in [-0.15, -0.1) is 0 Å². The quantitative estimate of drug-likeness (QED) is 0.388. The molecule has 0 unspecified atom stereocenters. The van der Waals surface area contributed by atoms with Crippen molar-refractivity contribution in [2.24, 2.45) is 4.99 Å². The molecule has 32 heavy (non-hydrogen) atoms. The molecule has 0 radical (unpaired) electrons. The molecule has 0 amide bonds. The van der Waals surface area contributed by atoms with Gasteiger partial charge in [-0.2, -0.15) is 18.3 Å². The molecule has 10 heteroatoms. The van der Waals surface area contributed by atoms with Crippen LogP contribution in [0.1, 0.15) is 23.6 Å². The Morgan fingerprint density at radius 1 is 1.06 bits per heavy atom. The first-order chi connectivity index (χ1) is 15.4. The summed E-state index contributed by atoms with van der Waals surface area (Å²) in [6, 6.07) is 12.9. The first-order valence-corrected chi connectivity index (χ1v) is 10.1. The number of nitrogens with zero attached hydrogens (tertiary/aromatic N) is 4. The van der Waals surface area contributed by atoms with Crippen LogP contribution in [-0.2, 0) is 24.4 Å². The molecule has 170 valence electrons. The molecule has 0 fully saturated rings. The second-order valence-electron chi connectivity index (χ2n) is 6.95. The molecule has 2 N–H and O–H groups in total. The van der Waals surface area contributed by atoms with Crippen LogP contribution < -0.4 is 10.6 Å². The Morgan fingerprint density at radius 3 is 2.53 bits per heavy atom. The summed E-state index contributed by atoms with van der Waals surface area (Å²) < 4.78 is 42.8. The molecular weight excluding hydrogens is 421 g/mol. The number of alkyl halides is 3. The van der Waals surface area contributed by atoms with Gasteiger partial charge in [-0.3, -0.25) is 0 Å². The van der Waals surface area contributed by atoms with E-state index in [4.69, 9.17) is 0 Å². The minimum atomic E-state index is -4.32. The molecule has 0 saturated carbocycles. The van der Waals surface area contributed by atoms with Crippen molar-refractivity contribution in [1.82, 2.24) is 25.4 Å². The molecule has 0 saturated heterocycles. The van der Waals surface area contributed by atoms with E-state index < -0.39 is 12.8 Å². The molecule has 2 heterocycles. The molecule has 0 aliphatic rings. The number of aromatic nitrogens is 3. The zero-order valence-corrected chi connectivity index (χ0v) is 17.6. The Kier molecular flexibility index (Phi) is 8.20. The Balaban J connectivity index is 1.54. The largest absolute Gasteiger partial charge is 0.411 e. The first-order valence-electron chi connectivity index (χ1n) is 10.1. The fraction of sp³-hybridized carbons (Fsp3) is 0.318. The van der Waals surface area contributed by atoms with Crippen molar-refractivity contribution in [2.75, 3.05) is 13.2 Å². The lowest BCUT2D eigenvalue weighted by atomic mass is 10.1. The summed E-state index contributed by atoms with van der Waals surface area (Å²) in [4.78, 5) is 8.93. The number of hydrogen-bond donors (Lipinski definition) is 2. The van der Waals surface area contributed by atoms with E-state index in [2.05, 4.69) is 30.4 Å². The van der Waals surface area contributed by atoms with Crippen molar-refractivity contribution in [2.45, 2.75) is 32.8 Å². The van der Waals surface area contributed by atoms with Crippen molar-refractivity contribution < 1.29 is 17.9 Å². The second kappa shape index (κ2) is 11.3. The highest BCUT2D eigenvalue weighted by atomic mass is 19.4. The zero-order valence-electron chi connectivity index (χ0n) is 17.6. The van der Waals surface area contributed by atoms with Crippen LogP contribution >= 0.6 is 0 Å². The fourth-order valence-electron chi connectivity index (χ4n) is 2.82. The van der Waals surface area contributed by atoms with Crippen LogP contribution in [0.15, 0.2) is 66.0 Å². The Morgan fingerprint density at radius 2 is 1.84 bits per heavy atom. The molecule has 0 atom stereocenters. The van der Waals surface area contributed by atoms with Crippen molar-refractivity contribution in [1.29, 1.82) is 0 Å². The van der Waals surface area contributed by atoms with Crippen molar-refractivity contribution in [3.8, 4) is 5.82 Å². The average Bonchev–Trinajstić information content (AvgIpc) is 3.31. The van der Waals surface area contributed by atoms with Gasteiger partial charge >= 0.3 is 6.18 Å². The molecule has 0 spiro atoms. The van der Waals surface area contributed by atoms with Gasteiger partial charge in [0.25, 0.3) is 0 Å². The summed E-state index contributed by atoms with van der Waals surface area (Å²) in [5.41, 5.74) is 2.65. The van der Waals surface area contributed by atoms with Crippen LogP contribution in [0, 0.1) is 0 Å². The molecule has 3 rings (SSSR count). The lowest BCUT2D eigenvalue weighted by Gasteiger charge is -2.12. The number of guanidine groups is 1. The van der Waals surface area contributed by atoms with Crippen LogP contribution in [0.3, 0.4) is 0 Å². The molecule has 0 aliphatic carbocycles. The topological polar surface area (TPSA) is 76.4 Å². The van der Waals surface area contributed by atoms with E-state index in [9.17, 15) is 13.2 Å². The maximum absolute atomic E-state index is 12.2. The van der Waals surface area contributed by atoms with E-state index in [-0.39, 0.29) is 6.61 Å². The maximum atomic E-state index is 12.2. The summed E-state index contributed by atoms with van der Waals surface area (Å²) in [7, 11) is 0. The van der Waals surface area contributed by atoms with Crippen LogP contribution in [0.4, 0.5) is 13.2 Å². The summed E-state index contributed by atoms with van der Waals surface area (Å²) in [6.45, 7) is 2.33. The normalized spacial score (nSPS) is 12.1. The van der Waals surface area contributed by atoms with Crippen LogP contribution in [0.25, 0.3) is 5.82 Å². The Labute approximate surface area is 184 Å². The number of nitrogens with one attached hydrogen (secondary N) is 2. The third-order valence-electron chi connectivity index (χ3n) is 4.33. The number of benzene rings is 1. The molecular formula is C22H25F3N6O. The highest BCUT2D eigenvalue weighted by Crippen LogP contribution is 2.16. The minimum absolute atomic E-state index is 0.0796. The number of rotatable bonds is 9. The summed E-state index contributed by atoms with van der Waals surface area (Å²) >= 11 is 0. The van der Waals surface area contributed by atoms with Gasteiger partial charge in [0.2, 0.25) is 0 Å². The molecule has 2 aromatic heterocycles. The number of hydrogen-bond acceptors (Lipinski definition) is 4. The maximum Gasteiger partial charge on any atom is 0.411 e. The van der Waals surface area contributed by atoms with Crippen LogP contribution in [0.2, 0.25) is 0 Å². The van der Waals surface area contributed by atoms with Gasteiger partial charge in [0.15, 0.2) is 11.8 Å².